The van der Waals surface area contributed by atoms with Crippen molar-refractivity contribution in [2.75, 3.05) is 0 Å². The quantitative estimate of drug-likeness (QED) is 0.438. The zero-order chi connectivity index (χ0) is 26.4. The van der Waals surface area contributed by atoms with Crippen LogP contribution in [0, 0.1) is 0 Å². The summed E-state index contributed by atoms with van der Waals surface area (Å²) in [6, 6.07) is 8.56. The minimum atomic E-state index is -5.02. The number of nitrogens with zero attached hydrogens (tertiary/aromatic N) is 4. The molecule has 13 heteroatoms. The minimum absolute atomic E-state index is 0.0196. The molecule has 0 N–H and O–H groups in total. The van der Waals surface area contributed by atoms with Crippen molar-refractivity contribution in [3.05, 3.63) is 70.9 Å². The molecule has 3 aromatic rings. The van der Waals surface area contributed by atoms with Crippen LogP contribution in [0.1, 0.15) is 41.0 Å². The lowest BCUT2D eigenvalue weighted by Gasteiger charge is -2.17. The zero-order valence-electron chi connectivity index (χ0n) is 18.8. The highest BCUT2D eigenvalue weighted by molar-refractivity contribution is 6.06. The lowest BCUT2D eigenvalue weighted by molar-refractivity contribution is -0.143. The standard InChI is InChI=1S/C23H18F6N4O3/c1-12-13(2)36-21(35)33(12)20(34)18-19(15-6-4-3-5-7-15)32(31-30-18)11-14-8-16(22(24,25)26)10-17(9-14)23(27,28)29/h3-10,12-13H,11H2,1-2H3. The summed E-state index contributed by atoms with van der Waals surface area (Å²) in [6.07, 6.45) is -11.5. The van der Waals surface area contributed by atoms with Crippen molar-refractivity contribution in [1.82, 2.24) is 19.9 Å². The van der Waals surface area contributed by atoms with Crippen LogP contribution in [0.4, 0.5) is 31.1 Å². The first-order valence-corrected chi connectivity index (χ1v) is 10.6. The van der Waals surface area contributed by atoms with E-state index in [2.05, 4.69) is 10.3 Å². The Balaban J connectivity index is 1.82. The van der Waals surface area contributed by atoms with Crippen molar-refractivity contribution in [2.45, 2.75) is 44.9 Å². The van der Waals surface area contributed by atoms with Gasteiger partial charge in [-0.2, -0.15) is 26.3 Å². The summed E-state index contributed by atoms with van der Waals surface area (Å²) >= 11 is 0. The van der Waals surface area contributed by atoms with Gasteiger partial charge in [-0.1, -0.05) is 35.5 Å². The Morgan fingerprint density at radius 3 is 2.06 bits per heavy atom. The minimum Gasteiger partial charge on any atom is -0.444 e. The van der Waals surface area contributed by atoms with E-state index in [1.807, 2.05) is 0 Å². The number of ether oxygens (including phenoxy) is 1. The van der Waals surface area contributed by atoms with Crippen LogP contribution >= 0.6 is 0 Å². The molecule has 1 saturated heterocycles. The molecule has 0 saturated carbocycles. The van der Waals surface area contributed by atoms with Crippen molar-refractivity contribution in [3.8, 4) is 11.3 Å². The van der Waals surface area contributed by atoms with Crippen LogP contribution in [-0.2, 0) is 23.6 Å². The maximum absolute atomic E-state index is 13.3. The Hall–Kier alpha value is -3.90. The summed E-state index contributed by atoms with van der Waals surface area (Å²) in [5.74, 6) is -0.859. The molecule has 0 spiro atoms. The highest BCUT2D eigenvalue weighted by atomic mass is 19.4. The number of halogens is 6. The molecule has 2 unspecified atom stereocenters. The van der Waals surface area contributed by atoms with Crippen LogP contribution < -0.4 is 0 Å². The van der Waals surface area contributed by atoms with Gasteiger partial charge >= 0.3 is 18.4 Å². The SMILES string of the molecule is CC1OC(=O)N(C(=O)c2nnn(Cc3cc(C(F)(F)F)cc(C(F)(F)F)c3)c2-c2ccccc2)C1C. The van der Waals surface area contributed by atoms with E-state index in [4.69, 9.17) is 4.74 Å². The maximum atomic E-state index is 13.3. The van der Waals surface area contributed by atoms with Crippen molar-refractivity contribution in [2.24, 2.45) is 0 Å². The van der Waals surface area contributed by atoms with Gasteiger partial charge in [-0.05, 0) is 37.6 Å². The van der Waals surface area contributed by atoms with Gasteiger partial charge in [0.2, 0.25) is 0 Å². The van der Waals surface area contributed by atoms with Crippen molar-refractivity contribution in [1.29, 1.82) is 0 Å². The van der Waals surface area contributed by atoms with E-state index in [1.165, 1.54) is 0 Å². The Labute approximate surface area is 200 Å². The lowest BCUT2D eigenvalue weighted by Crippen LogP contribution is -2.39. The van der Waals surface area contributed by atoms with Crippen LogP contribution in [0.5, 0.6) is 0 Å². The summed E-state index contributed by atoms with van der Waals surface area (Å²) in [5, 5.41) is 7.68. The van der Waals surface area contributed by atoms with E-state index in [0.717, 1.165) is 9.58 Å². The third kappa shape index (κ3) is 4.77. The molecule has 1 aliphatic rings. The molecule has 2 amide bonds. The molecule has 0 radical (unpaired) electrons. The Bertz CT molecular complexity index is 1270. The summed E-state index contributed by atoms with van der Waals surface area (Å²) in [5.41, 5.74) is -3.24. The molecule has 1 aromatic heterocycles. The van der Waals surface area contributed by atoms with Gasteiger partial charge in [0.1, 0.15) is 11.8 Å². The van der Waals surface area contributed by atoms with E-state index >= 15 is 0 Å². The number of hydrogen-bond acceptors (Lipinski definition) is 5. The molecule has 1 fully saturated rings. The first-order valence-electron chi connectivity index (χ1n) is 10.6. The number of carbonyl (C=O) groups excluding carboxylic acids is 2. The van der Waals surface area contributed by atoms with Crippen LogP contribution in [0.15, 0.2) is 48.5 Å². The van der Waals surface area contributed by atoms with E-state index in [1.54, 1.807) is 44.2 Å². The van der Waals surface area contributed by atoms with Crippen LogP contribution in [0.3, 0.4) is 0 Å². The van der Waals surface area contributed by atoms with Crippen molar-refractivity contribution in [3.63, 3.8) is 0 Å². The monoisotopic (exact) mass is 512 g/mol. The van der Waals surface area contributed by atoms with E-state index in [0.29, 0.717) is 17.7 Å². The summed E-state index contributed by atoms with van der Waals surface area (Å²) < 4.78 is 86.0. The van der Waals surface area contributed by atoms with Crippen molar-refractivity contribution < 1.29 is 40.7 Å². The molecule has 2 heterocycles. The van der Waals surface area contributed by atoms with Gasteiger partial charge in [-0.3, -0.25) is 4.79 Å². The number of cyclic esters (lactones) is 1. The van der Waals surface area contributed by atoms with Gasteiger partial charge in [0.25, 0.3) is 5.91 Å². The smallest absolute Gasteiger partial charge is 0.417 e. The van der Waals surface area contributed by atoms with Gasteiger partial charge in [-0.15, -0.1) is 5.10 Å². The summed E-state index contributed by atoms with van der Waals surface area (Å²) in [7, 11) is 0. The molecule has 2 atom stereocenters. The number of alkyl halides is 6. The fourth-order valence-electron chi connectivity index (χ4n) is 3.81. The second-order valence-corrected chi connectivity index (χ2v) is 8.23. The van der Waals surface area contributed by atoms with E-state index < -0.39 is 54.2 Å². The van der Waals surface area contributed by atoms with Gasteiger partial charge in [0, 0.05) is 5.56 Å². The number of amides is 2. The molecule has 0 bridgehead atoms. The average Bonchev–Trinajstić information content (AvgIpc) is 3.32. The Morgan fingerprint density at radius 2 is 1.56 bits per heavy atom. The average molecular weight is 512 g/mol. The van der Waals surface area contributed by atoms with Crippen LogP contribution in [0.25, 0.3) is 11.3 Å². The predicted octanol–water partition coefficient (Wildman–Crippen LogP) is 5.40. The fourth-order valence-corrected chi connectivity index (χ4v) is 3.81. The second kappa shape index (κ2) is 8.95. The molecule has 190 valence electrons. The normalized spacial score (nSPS) is 18.4. The topological polar surface area (TPSA) is 77.3 Å². The summed E-state index contributed by atoms with van der Waals surface area (Å²) in [4.78, 5) is 26.3. The highest BCUT2D eigenvalue weighted by Crippen LogP contribution is 2.37. The second-order valence-electron chi connectivity index (χ2n) is 8.23. The lowest BCUT2D eigenvalue weighted by atomic mass is 10.0. The fraction of sp³-hybridized carbons (Fsp3) is 0.304. The van der Waals surface area contributed by atoms with Gasteiger partial charge in [-0.25, -0.2) is 14.4 Å². The van der Waals surface area contributed by atoms with Crippen LogP contribution in [0.2, 0.25) is 0 Å². The van der Waals surface area contributed by atoms with Crippen LogP contribution in [-0.4, -0.2) is 44.0 Å². The van der Waals surface area contributed by atoms with E-state index in [-0.39, 0.29) is 23.0 Å². The molecule has 36 heavy (non-hydrogen) atoms. The molecule has 7 nitrogen and oxygen atoms in total. The Morgan fingerprint density at radius 1 is 0.972 bits per heavy atom. The van der Waals surface area contributed by atoms with Gasteiger partial charge in [0.15, 0.2) is 5.69 Å². The molecular formula is C23H18F6N4O3. The zero-order valence-corrected chi connectivity index (χ0v) is 18.8. The molecular weight excluding hydrogens is 494 g/mol. The Kier molecular flexibility index (Phi) is 6.27. The van der Waals surface area contributed by atoms with Gasteiger partial charge in [0.05, 0.1) is 23.7 Å². The van der Waals surface area contributed by atoms with Crippen molar-refractivity contribution >= 4 is 12.0 Å². The molecule has 2 aromatic carbocycles. The first kappa shape index (κ1) is 25.2. The third-order valence-electron chi connectivity index (χ3n) is 5.75. The number of hydrogen-bond donors (Lipinski definition) is 0. The predicted molar refractivity (Wildman–Crippen MR) is 113 cm³/mol. The molecule has 1 aliphatic heterocycles. The maximum Gasteiger partial charge on any atom is 0.417 e. The largest absolute Gasteiger partial charge is 0.444 e. The number of carbonyl (C=O) groups is 2. The number of rotatable bonds is 4. The highest BCUT2D eigenvalue weighted by Gasteiger charge is 2.43. The molecule has 0 aliphatic carbocycles. The number of aromatic nitrogens is 3. The summed E-state index contributed by atoms with van der Waals surface area (Å²) in [6.45, 7) is 2.62. The number of imide groups is 1. The first-order chi connectivity index (χ1) is 16.8. The van der Waals surface area contributed by atoms with E-state index in [9.17, 15) is 35.9 Å². The van der Waals surface area contributed by atoms with Gasteiger partial charge < -0.3 is 4.74 Å². The number of benzene rings is 2. The molecule has 4 rings (SSSR count). The third-order valence-corrected chi connectivity index (χ3v) is 5.75.